The number of fused-ring (bicyclic) bond motifs is 4. The monoisotopic (exact) mass is 431 g/mol. The summed E-state index contributed by atoms with van der Waals surface area (Å²) in [6.45, 7) is 3.42. The predicted octanol–water partition coefficient (Wildman–Crippen LogP) is 6.60. The summed E-state index contributed by atoms with van der Waals surface area (Å²) in [5, 5.41) is 5.24. The van der Waals surface area contributed by atoms with Gasteiger partial charge in [0.2, 0.25) is 0 Å². The summed E-state index contributed by atoms with van der Waals surface area (Å²) in [5.41, 5.74) is 4.38. The van der Waals surface area contributed by atoms with Crippen molar-refractivity contribution < 1.29 is 4.74 Å². The Morgan fingerprint density at radius 3 is 2.72 bits per heavy atom. The molecule has 3 atom stereocenters. The van der Waals surface area contributed by atoms with Gasteiger partial charge >= 0.3 is 0 Å². The molecule has 0 radical (unpaired) electrons. The number of nitrogens with one attached hydrogen (secondary N) is 1. The van der Waals surface area contributed by atoms with Crippen molar-refractivity contribution in [3.63, 3.8) is 0 Å². The van der Waals surface area contributed by atoms with Crippen molar-refractivity contribution >= 4 is 23.2 Å². The van der Waals surface area contributed by atoms with E-state index in [1.54, 1.807) is 7.11 Å². The van der Waals surface area contributed by atoms with Crippen molar-refractivity contribution in [1.82, 2.24) is 5.32 Å². The maximum absolute atomic E-state index is 6.20. The van der Waals surface area contributed by atoms with E-state index in [1.165, 1.54) is 55.2 Å². The summed E-state index contributed by atoms with van der Waals surface area (Å²) in [6.07, 6.45) is 8.66. The molecule has 0 amide bonds. The van der Waals surface area contributed by atoms with Gasteiger partial charge in [-0.3, -0.25) is 0 Å². The lowest BCUT2D eigenvalue weighted by Crippen LogP contribution is -2.55. The highest BCUT2D eigenvalue weighted by atomic mass is 35.5. The number of hydrogen-bond donors (Lipinski definition) is 1. The fourth-order valence-electron chi connectivity index (χ4n) is 5.57. The Kier molecular flexibility index (Phi) is 6.44. The van der Waals surface area contributed by atoms with Crippen molar-refractivity contribution in [1.29, 1.82) is 0 Å². The molecule has 0 heterocycles. The normalized spacial score (nSPS) is 26.3. The Morgan fingerprint density at radius 2 is 1.93 bits per heavy atom. The maximum Gasteiger partial charge on any atom is 0.119 e. The van der Waals surface area contributed by atoms with Crippen LogP contribution in [-0.4, -0.2) is 19.7 Å². The summed E-state index contributed by atoms with van der Waals surface area (Å²) >= 11 is 12.3. The smallest absolute Gasteiger partial charge is 0.119 e. The minimum absolute atomic E-state index is 0.144. The zero-order chi connectivity index (χ0) is 20.4. The summed E-state index contributed by atoms with van der Waals surface area (Å²) in [4.78, 5) is 0. The Labute approximate surface area is 184 Å². The van der Waals surface area contributed by atoms with Crippen LogP contribution in [0.3, 0.4) is 0 Å². The highest BCUT2D eigenvalue weighted by Crippen LogP contribution is 2.47. The molecule has 2 aromatic carbocycles. The maximum atomic E-state index is 6.20. The van der Waals surface area contributed by atoms with Crippen LogP contribution in [0.4, 0.5) is 0 Å². The van der Waals surface area contributed by atoms with E-state index in [9.17, 15) is 0 Å². The van der Waals surface area contributed by atoms with E-state index in [1.807, 2.05) is 12.1 Å². The van der Waals surface area contributed by atoms with Crippen LogP contribution in [0.1, 0.15) is 55.7 Å². The number of hydrogen-bond acceptors (Lipinski definition) is 2. The summed E-state index contributed by atoms with van der Waals surface area (Å²) in [5.74, 6) is 1.66. The molecule has 2 aliphatic rings. The van der Waals surface area contributed by atoms with Crippen LogP contribution >= 0.6 is 23.2 Å². The summed E-state index contributed by atoms with van der Waals surface area (Å²) in [7, 11) is 1.76. The van der Waals surface area contributed by atoms with Gasteiger partial charge in [-0.25, -0.2) is 0 Å². The molecule has 4 rings (SSSR count). The zero-order valence-electron chi connectivity index (χ0n) is 17.4. The summed E-state index contributed by atoms with van der Waals surface area (Å²) in [6, 6.07) is 13.2. The second-order valence-corrected chi connectivity index (χ2v) is 9.75. The number of ether oxygens (including phenoxy) is 1. The van der Waals surface area contributed by atoms with Gasteiger partial charge in [-0.05, 0) is 79.1 Å². The van der Waals surface area contributed by atoms with Gasteiger partial charge in [0, 0.05) is 11.5 Å². The van der Waals surface area contributed by atoms with E-state index in [0.29, 0.717) is 22.0 Å². The highest BCUT2D eigenvalue weighted by Gasteiger charge is 2.45. The predicted molar refractivity (Wildman–Crippen MR) is 123 cm³/mol. The molecule has 29 heavy (non-hydrogen) atoms. The highest BCUT2D eigenvalue weighted by molar-refractivity contribution is 6.42. The van der Waals surface area contributed by atoms with Gasteiger partial charge in [0.15, 0.2) is 0 Å². The molecule has 0 saturated heterocycles. The van der Waals surface area contributed by atoms with Crippen molar-refractivity contribution in [2.75, 3.05) is 13.7 Å². The molecule has 0 aliphatic heterocycles. The van der Waals surface area contributed by atoms with Gasteiger partial charge in [0.05, 0.1) is 17.2 Å². The molecule has 4 heteroatoms. The first-order chi connectivity index (χ1) is 14.0. The molecule has 2 nitrogen and oxygen atoms in total. The van der Waals surface area contributed by atoms with Gasteiger partial charge in [-0.1, -0.05) is 61.5 Å². The largest absolute Gasteiger partial charge is 0.497 e. The summed E-state index contributed by atoms with van der Waals surface area (Å²) < 4.78 is 5.57. The first-order valence-electron chi connectivity index (χ1n) is 10.9. The molecule has 0 aromatic heterocycles. The molecular formula is C25H31Cl2NO. The van der Waals surface area contributed by atoms with Crippen molar-refractivity contribution in [2.24, 2.45) is 5.92 Å². The van der Waals surface area contributed by atoms with Gasteiger partial charge < -0.3 is 10.1 Å². The molecule has 2 aliphatic carbocycles. The van der Waals surface area contributed by atoms with Gasteiger partial charge in [0.25, 0.3) is 0 Å². The molecule has 1 saturated carbocycles. The van der Waals surface area contributed by atoms with Gasteiger partial charge in [-0.2, -0.15) is 0 Å². The average molecular weight is 432 g/mol. The minimum Gasteiger partial charge on any atom is -0.497 e. The molecular weight excluding hydrogens is 401 g/mol. The van der Waals surface area contributed by atoms with E-state index < -0.39 is 0 Å². The number of halogens is 2. The van der Waals surface area contributed by atoms with E-state index in [-0.39, 0.29) is 5.41 Å². The van der Waals surface area contributed by atoms with E-state index in [4.69, 9.17) is 27.9 Å². The van der Waals surface area contributed by atoms with Crippen LogP contribution in [0.5, 0.6) is 5.75 Å². The van der Waals surface area contributed by atoms with E-state index in [2.05, 4.69) is 36.5 Å². The fourth-order valence-corrected chi connectivity index (χ4v) is 5.89. The third-order valence-electron chi connectivity index (χ3n) is 7.11. The Bertz CT molecular complexity index is 868. The molecule has 0 unspecified atom stereocenters. The lowest BCUT2D eigenvalue weighted by molar-refractivity contribution is 0.167. The number of benzene rings is 2. The average Bonchev–Trinajstić information content (AvgIpc) is 2.71. The Morgan fingerprint density at radius 1 is 1.07 bits per heavy atom. The second-order valence-electron chi connectivity index (χ2n) is 8.93. The van der Waals surface area contributed by atoms with Crippen molar-refractivity contribution in [2.45, 2.75) is 63.3 Å². The second kappa shape index (κ2) is 8.88. The van der Waals surface area contributed by atoms with Crippen molar-refractivity contribution in [3.8, 4) is 5.75 Å². The third-order valence-corrected chi connectivity index (χ3v) is 7.84. The van der Waals surface area contributed by atoms with Gasteiger partial charge in [0.1, 0.15) is 5.75 Å². The van der Waals surface area contributed by atoms with Gasteiger partial charge in [-0.15, -0.1) is 0 Å². The molecule has 0 spiro atoms. The lowest BCUT2D eigenvalue weighted by atomic mass is 9.59. The van der Waals surface area contributed by atoms with Crippen LogP contribution in [0.2, 0.25) is 10.0 Å². The lowest BCUT2D eigenvalue weighted by Gasteiger charge is -2.49. The number of rotatable bonds is 5. The topological polar surface area (TPSA) is 21.3 Å². The molecule has 156 valence electrons. The van der Waals surface area contributed by atoms with Crippen LogP contribution in [0.25, 0.3) is 0 Å². The number of methoxy groups -OCH3 is 1. The van der Waals surface area contributed by atoms with Crippen LogP contribution in [-0.2, 0) is 18.3 Å². The third kappa shape index (κ3) is 4.31. The van der Waals surface area contributed by atoms with E-state index in [0.717, 1.165) is 18.7 Å². The standard InChI is InChI=1S/C25H31Cl2NO/c1-25-12-5-3-4-6-19(15-18-8-9-20(29-2)16-21(18)25)24(25)28-13-11-17-7-10-22(26)23(27)14-17/h7-10,14,16,19,24,28H,3-6,11-13,15H2,1-2H3/t19-,24-,25+/m0/s1. The molecule has 2 bridgehead atoms. The van der Waals surface area contributed by atoms with Crippen LogP contribution in [0, 0.1) is 5.92 Å². The first kappa shape index (κ1) is 21.0. The Balaban J connectivity index is 1.57. The molecule has 1 N–H and O–H groups in total. The van der Waals surface area contributed by atoms with Crippen LogP contribution in [0.15, 0.2) is 36.4 Å². The fraction of sp³-hybridized carbons (Fsp3) is 0.520. The quantitative estimate of drug-likeness (QED) is 0.575. The van der Waals surface area contributed by atoms with Crippen LogP contribution < -0.4 is 10.1 Å². The molecule has 2 aromatic rings. The zero-order valence-corrected chi connectivity index (χ0v) is 19.0. The molecule has 1 fully saturated rings. The first-order valence-corrected chi connectivity index (χ1v) is 11.6. The SMILES string of the molecule is COc1ccc2c(c1)[C@@]1(C)CCCCC[C@@H](C2)[C@@H]1NCCc1ccc(Cl)c(Cl)c1. The Hall–Kier alpha value is -1.22. The minimum atomic E-state index is 0.144. The van der Waals surface area contributed by atoms with Crippen molar-refractivity contribution in [3.05, 3.63) is 63.1 Å². The van der Waals surface area contributed by atoms with E-state index >= 15 is 0 Å².